The summed E-state index contributed by atoms with van der Waals surface area (Å²) in [4.78, 5) is 4.33. The van der Waals surface area contributed by atoms with E-state index in [4.69, 9.17) is 4.42 Å². The first-order valence-electron chi connectivity index (χ1n) is 4.04. The molecule has 2 nitrogen and oxygen atoms in total. The fourth-order valence-electron chi connectivity index (χ4n) is 1.08. The lowest BCUT2D eigenvalue weighted by atomic mass is 10.2. The van der Waals surface area contributed by atoms with E-state index in [0.717, 1.165) is 17.0 Å². The maximum absolute atomic E-state index is 5.49. The summed E-state index contributed by atoms with van der Waals surface area (Å²) in [6, 6.07) is 8.52. The van der Waals surface area contributed by atoms with Crippen molar-refractivity contribution in [3.05, 3.63) is 30.2 Å². The average molecular weight is 160 g/mol. The number of rotatable bonds is 1. The van der Waals surface area contributed by atoms with E-state index >= 15 is 0 Å². The van der Waals surface area contributed by atoms with Crippen LogP contribution in [0.15, 0.2) is 22.6 Å². The minimum atomic E-state index is 0.345. The van der Waals surface area contributed by atoms with Crippen LogP contribution in [0.5, 0.6) is 0 Å². The van der Waals surface area contributed by atoms with Gasteiger partial charge in [0.1, 0.15) is 5.52 Å². The Labute approximate surface area is 71.2 Å². The highest BCUT2D eigenvalue weighted by Crippen LogP contribution is 2.19. The molecule has 0 amide bonds. The molecule has 0 bridgehead atoms. The van der Waals surface area contributed by atoms with Gasteiger partial charge < -0.3 is 4.42 Å². The van der Waals surface area contributed by atoms with Crippen molar-refractivity contribution in [2.24, 2.45) is 0 Å². The first-order chi connectivity index (χ1) is 5.77. The molecule has 1 heterocycles. The molecule has 0 spiro atoms. The fourth-order valence-corrected chi connectivity index (χ4v) is 1.08. The molecular formula is C10H10NO. The summed E-state index contributed by atoms with van der Waals surface area (Å²) in [6.07, 6.45) is 0. The van der Waals surface area contributed by atoms with Gasteiger partial charge in [-0.3, -0.25) is 0 Å². The lowest BCUT2D eigenvalue weighted by Gasteiger charge is -1.93. The van der Waals surface area contributed by atoms with Gasteiger partial charge in [0.15, 0.2) is 11.5 Å². The van der Waals surface area contributed by atoms with Crippen LogP contribution in [0.1, 0.15) is 25.7 Å². The van der Waals surface area contributed by atoms with Crippen LogP contribution < -0.4 is 0 Å². The Morgan fingerprint density at radius 2 is 2.33 bits per heavy atom. The van der Waals surface area contributed by atoms with Gasteiger partial charge in [0.25, 0.3) is 0 Å². The monoisotopic (exact) mass is 160 g/mol. The number of nitrogens with zero attached hydrogens (tertiary/aromatic N) is 1. The van der Waals surface area contributed by atoms with Gasteiger partial charge in [0.2, 0.25) is 0 Å². The molecule has 12 heavy (non-hydrogen) atoms. The molecule has 0 aliphatic heterocycles. The number of benzene rings is 1. The van der Waals surface area contributed by atoms with Gasteiger partial charge in [-0.05, 0) is 18.2 Å². The summed E-state index contributed by atoms with van der Waals surface area (Å²) in [5, 5.41) is 0. The molecule has 0 aliphatic rings. The zero-order chi connectivity index (χ0) is 8.55. The molecule has 0 saturated carbocycles. The van der Waals surface area contributed by atoms with Crippen molar-refractivity contribution in [1.82, 2.24) is 4.98 Å². The van der Waals surface area contributed by atoms with Crippen LogP contribution in [0.4, 0.5) is 0 Å². The van der Waals surface area contributed by atoms with E-state index in [1.54, 1.807) is 0 Å². The Morgan fingerprint density at radius 3 is 3.00 bits per heavy atom. The second kappa shape index (κ2) is 2.63. The molecule has 0 aliphatic carbocycles. The Hall–Kier alpha value is -1.31. The van der Waals surface area contributed by atoms with Gasteiger partial charge in [0, 0.05) is 5.92 Å². The van der Waals surface area contributed by atoms with Crippen molar-refractivity contribution in [3.63, 3.8) is 0 Å². The van der Waals surface area contributed by atoms with Gasteiger partial charge in [-0.1, -0.05) is 19.9 Å². The molecule has 2 heteroatoms. The minimum Gasteiger partial charge on any atom is -0.440 e. The van der Waals surface area contributed by atoms with Crippen LogP contribution in [0.3, 0.4) is 0 Å². The maximum atomic E-state index is 5.49. The number of hydrogen-bond acceptors (Lipinski definition) is 2. The highest BCUT2D eigenvalue weighted by atomic mass is 16.3. The number of fused-ring (bicyclic) bond motifs is 1. The third-order valence-electron chi connectivity index (χ3n) is 1.74. The Balaban J connectivity index is 2.62. The predicted molar refractivity (Wildman–Crippen MR) is 46.9 cm³/mol. The molecule has 2 rings (SSSR count). The Kier molecular flexibility index (Phi) is 1.61. The van der Waals surface area contributed by atoms with E-state index in [9.17, 15) is 0 Å². The number of hydrogen-bond donors (Lipinski definition) is 0. The molecule has 0 atom stereocenters. The summed E-state index contributed by atoms with van der Waals surface area (Å²) < 4.78 is 5.49. The van der Waals surface area contributed by atoms with Gasteiger partial charge in [-0.25, -0.2) is 4.98 Å². The van der Waals surface area contributed by atoms with E-state index in [0.29, 0.717) is 5.92 Å². The van der Waals surface area contributed by atoms with Gasteiger partial charge in [0.05, 0.1) is 0 Å². The molecule has 2 aromatic rings. The molecule has 0 saturated heterocycles. The van der Waals surface area contributed by atoms with Crippen molar-refractivity contribution >= 4 is 11.1 Å². The Bertz CT molecular complexity index is 356. The number of aromatic nitrogens is 1. The smallest absolute Gasteiger partial charge is 0.198 e. The van der Waals surface area contributed by atoms with Crippen molar-refractivity contribution in [3.8, 4) is 0 Å². The van der Waals surface area contributed by atoms with Crippen LogP contribution in [-0.2, 0) is 0 Å². The lowest BCUT2D eigenvalue weighted by Crippen LogP contribution is -1.84. The summed E-state index contributed by atoms with van der Waals surface area (Å²) >= 11 is 0. The molecule has 1 aromatic carbocycles. The summed E-state index contributed by atoms with van der Waals surface area (Å²) in [7, 11) is 0. The SMILES string of the molecule is CC(C)c1nc2cc[c]cc2o1. The highest BCUT2D eigenvalue weighted by molar-refractivity contribution is 5.71. The molecule has 0 fully saturated rings. The van der Waals surface area contributed by atoms with E-state index in [2.05, 4.69) is 24.9 Å². The molecule has 61 valence electrons. The van der Waals surface area contributed by atoms with E-state index in [1.165, 1.54) is 0 Å². The van der Waals surface area contributed by atoms with Crippen molar-refractivity contribution in [2.45, 2.75) is 19.8 Å². The predicted octanol–water partition coefficient (Wildman–Crippen LogP) is 2.75. The number of oxazole rings is 1. The van der Waals surface area contributed by atoms with Gasteiger partial charge in [-0.2, -0.15) is 0 Å². The Morgan fingerprint density at radius 1 is 1.50 bits per heavy atom. The van der Waals surface area contributed by atoms with Crippen LogP contribution in [0, 0.1) is 6.07 Å². The quantitative estimate of drug-likeness (QED) is 0.641. The van der Waals surface area contributed by atoms with Gasteiger partial charge in [-0.15, -0.1) is 0 Å². The molecular weight excluding hydrogens is 150 g/mol. The van der Waals surface area contributed by atoms with E-state index in [1.807, 2.05) is 18.2 Å². The molecule has 1 radical (unpaired) electrons. The topological polar surface area (TPSA) is 26.0 Å². The van der Waals surface area contributed by atoms with Crippen molar-refractivity contribution < 1.29 is 4.42 Å². The first kappa shape index (κ1) is 7.35. The summed E-state index contributed by atoms with van der Waals surface area (Å²) in [5.41, 5.74) is 1.73. The van der Waals surface area contributed by atoms with Crippen LogP contribution in [0.25, 0.3) is 11.1 Å². The van der Waals surface area contributed by atoms with Crippen LogP contribution in [-0.4, -0.2) is 4.98 Å². The lowest BCUT2D eigenvalue weighted by molar-refractivity contribution is 0.501. The molecule has 1 aromatic heterocycles. The molecule has 0 unspecified atom stereocenters. The van der Waals surface area contributed by atoms with E-state index in [-0.39, 0.29) is 0 Å². The second-order valence-electron chi connectivity index (χ2n) is 3.10. The zero-order valence-corrected chi connectivity index (χ0v) is 7.16. The highest BCUT2D eigenvalue weighted by Gasteiger charge is 2.07. The molecule has 0 N–H and O–H groups in total. The normalized spacial score (nSPS) is 11.2. The zero-order valence-electron chi connectivity index (χ0n) is 7.16. The van der Waals surface area contributed by atoms with Gasteiger partial charge >= 0.3 is 0 Å². The largest absolute Gasteiger partial charge is 0.440 e. The average Bonchev–Trinajstić information content (AvgIpc) is 2.46. The second-order valence-corrected chi connectivity index (χ2v) is 3.10. The van der Waals surface area contributed by atoms with E-state index < -0.39 is 0 Å². The van der Waals surface area contributed by atoms with Crippen molar-refractivity contribution in [1.29, 1.82) is 0 Å². The standard InChI is InChI=1S/C10H10NO/c1-7(2)10-11-8-5-3-4-6-9(8)12-10/h3,5-7H,1-2H3. The first-order valence-corrected chi connectivity index (χ1v) is 4.04. The van der Waals surface area contributed by atoms with Crippen LogP contribution >= 0.6 is 0 Å². The third-order valence-corrected chi connectivity index (χ3v) is 1.74. The summed E-state index contributed by atoms with van der Waals surface area (Å²) in [6.45, 7) is 4.13. The fraction of sp³-hybridized carbons (Fsp3) is 0.300. The minimum absolute atomic E-state index is 0.345. The van der Waals surface area contributed by atoms with Crippen LogP contribution in [0.2, 0.25) is 0 Å². The summed E-state index contributed by atoms with van der Waals surface area (Å²) in [5.74, 6) is 1.14. The third kappa shape index (κ3) is 1.09. The van der Waals surface area contributed by atoms with Crippen molar-refractivity contribution in [2.75, 3.05) is 0 Å². The maximum Gasteiger partial charge on any atom is 0.198 e.